The summed E-state index contributed by atoms with van der Waals surface area (Å²) in [7, 11) is 0. The number of rotatable bonds is 2. The molecule has 0 saturated heterocycles. The molecule has 2 aromatic carbocycles. The second-order valence-corrected chi connectivity index (χ2v) is 6.01. The van der Waals surface area contributed by atoms with Crippen molar-refractivity contribution in [1.82, 2.24) is 0 Å². The Morgan fingerprint density at radius 1 is 0.789 bits per heavy atom. The maximum absolute atomic E-state index is 6.64. The van der Waals surface area contributed by atoms with Gasteiger partial charge in [-0.2, -0.15) is 0 Å². The second kappa shape index (κ2) is 5.56. The largest absolute Gasteiger partial charge is 0.113 e. The van der Waals surface area contributed by atoms with Gasteiger partial charge in [0, 0.05) is 5.02 Å². The lowest BCUT2D eigenvalue weighted by atomic mass is 9.96. The molecule has 2 rings (SSSR count). The van der Waals surface area contributed by atoms with Crippen LogP contribution < -0.4 is 0 Å². The predicted molar refractivity (Wildman–Crippen MR) is 84.5 cm³/mol. The topological polar surface area (TPSA) is 0 Å². The Kier molecular flexibility index (Phi) is 4.23. The molecule has 1 unspecified atom stereocenters. The van der Waals surface area contributed by atoms with Crippen molar-refractivity contribution in [3.63, 3.8) is 0 Å². The minimum absolute atomic E-state index is 0.129. The fourth-order valence-electron chi connectivity index (χ4n) is 2.18. The van der Waals surface area contributed by atoms with Crippen molar-refractivity contribution >= 4 is 23.2 Å². The minimum Gasteiger partial charge on any atom is -0.113 e. The summed E-state index contributed by atoms with van der Waals surface area (Å²) in [6.45, 7) is 8.29. The first kappa shape index (κ1) is 14.4. The average Bonchev–Trinajstić information content (AvgIpc) is 2.36. The van der Waals surface area contributed by atoms with Gasteiger partial charge in [-0.15, -0.1) is 11.6 Å². The molecule has 0 nitrogen and oxygen atoms in total. The van der Waals surface area contributed by atoms with E-state index in [0.29, 0.717) is 0 Å². The smallest absolute Gasteiger partial charge is 0.0838 e. The van der Waals surface area contributed by atoms with E-state index < -0.39 is 0 Å². The lowest BCUT2D eigenvalue weighted by Gasteiger charge is -2.16. The molecule has 0 aliphatic rings. The number of halogens is 2. The molecule has 0 aliphatic carbocycles. The van der Waals surface area contributed by atoms with Crippen LogP contribution in [0.15, 0.2) is 30.3 Å². The molecule has 0 fully saturated rings. The lowest BCUT2D eigenvalue weighted by molar-refractivity contribution is 1.09. The highest BCUT2D eigenvalue weighted by atomic mass is 35.5. The Hall–Kier alpha value is -0.980. The van der Waals surface area contributed by atoms with E-state index in [1.165, 1.54) is 11.1 Å². The molecular formula is C17H18Cl2. The van der Waals surface area contributed by atoms with Crippen LogP contribution in [-0.2, 0) is 0 Å². The Labute approximate surface area is 125 Å². The summed E-state index contributed by atoms with van der Waals surface area (Å²) < 4.78 is 0. The number of benzene rings is 2. The van der Waals surface area contributed by atoms with Crippen LogP contribution in [-0.4, -0.2) is 0 Å². The SMILES string of the molecule is Cc1ccc(C(Cl)c2cc(C)c(Cl)cc2C)cc1C. The molecule has 2 heteroatoms. The molecule has 19 heavy (non-hydrogen) atoms. The van der Waals surface area contributed by atoms with Gasteiger partial charge in [0.25, 0.3) is 0 Å². The van der Waals surface area contributed by atoms with Crippen molar-refractivity contribution in [3.8, 4) is 0 Å². The lowest BCUT2D eigenvalue weighted by Crippen LogP contribution is -1.98. The van der Waals surface area contributed by atoms with Crippen LogP contribution in [0.4, 0.5) is 0 Å². The zero-order valence-electron chi connectivity index (χ0n) is 11.7. The van der Waals surface area contributed by atoms with Gasteiger partial charge in [0.05, 0.1) is 5.38 Å². The standard InChI is InChI=1S/C17H18Cl2/c1-10-5-6-14(7-11(10)2)17(19)15-8-13(4)16(18)9-12(15)3/h5-9,17H,1-4H3. The van der Waals surface area contributed by atoms with Gasteiger partial charge in [0.15, 0.2) is 0 Å². The van der Waals surface area contributed by atoms with Crippen molar-refractivity contribution in [1.29, 1.82) is 0 Å². The molecule has 0 bridgehead atoms. The van der Waals surface area contributed by atoms with Gasteiger partial charge in [-0.3, -0.25) is 0 Å². The number of aryl methyl sites for hydroxylation is 4. The predicted octanol–water partition coefficient (Wildman–Crippen LogP) is 5.90. The summed E-state index contributed by atoms with van der Waals surface area (Å²) in [5.74, 6) is 0. The highest BCUT2D eigenvalue weighted by Gasteiger charge is 2.15. The zero-order valence-corrected chi connectivity index (χ0v) is 13.2. The van der Waals surface area contributed by atoms with Crippen LogP contribution >= 0.6 is 23.2 Å². The Morgan fingerprint density at radius 3 is 2.11 bits per heavy atom. The van der Waals surface area contributed by atoms with Crippen molar-refractivity contribution in [2.45, 2.75) is 33.1 Å². The molecule has 0 amide bonds. The van der Waals surface area contributed by atoms with E-state index in [1.54, 1.807) is 0 Å². The fourth-order valence-corrected chi connectivity index (χ4v) is 2.77. The molecule has 0 radical (unpaired) electrons. The van der Waals surface area contributed by atoms with Gasteiger partial charge in [-0.1, -0.05) is 35.9 Å². The van der Waals surface area contributed by atoms with Gasteiger partial charge in [-0.05, 0) is 67.1 Å². The third-order valence-electron chi connectivity index (χ3n) is 3.64. The molecule has 100 valence electrons. The summed E-state index contributed by atoms with van der Waals surface area (Å²) in [6.07, 6.45) is 0. The van der Waals surface area contributed by atoms with Gasteiger partial charge >= 0.3 is 0 Å². The van der Waals surface area contributed by atoms with Gasteiger partial charge in [-0.25, -0.2) is 0 Å². The monoisotopic (exact) mass is 292 g/mol. The van der Waals surface area contributed by atoms with Crippen molar-refractivity contribution in [2.75, 3.05) is 0 Å². The quantitative estimate of drug-likeness (QED) is 0.604. The van der Waals surface area contributed by atoms with Crippen LogP contribution in [0.1, 0.15) is 38.8 Å². The van der Waals surface area contributed by atoms with Crippen molar-refractivity contribution in [3.05, 3.63) is 68.7 Å². The molecule has 2 aromatic rings. The van der Waals surface area contributed by atoms with Crippen molar-refractivity contribution in [2.24, 2.45) is 0 Å². The van der Waals surface area contributed by atoms with E-state index in [9.17, 15) is 0 Å². The first-order valence-corrected chi connectivity index (χ1v) is 7.19. The summed E-state index contributed by atoms with van der Waals surface area (Å²) in [5, 5.41) is 0.667. The summed E-state index contributed by atoms with van der Waals surface area (Å²) in [4.78, 5) is 0. The minimum atomic E-state index is -0.129. The van der Waals surface area contributed by atoms with E-state index in [1.807, 2.05) is 13.0 Å². The highest BCUT2D eigenvalue weighted by molar-refractivity contribution is 6.31. The van der Waals surface area contributed by atoms with E-state index in [4.69, 9.17) is 23.2 Å². The zero-order chi connectivity index (χ0) is 14.2. The second-order valence-electron chi connectivity index (χ2n) is 5.16. The Morgan fingerprint density at radius 2 is 1.47 bits per heavy atom. The molecule has 0 N–H and O–H groups in total. The van der Waals surface area contributed by atoms with Gasteiger partial charge in [0.1, 0.15) is 0 Å². The maximum atomic E-state index is 6.64. The normalized spacial score (nSPS) is 12.5. The van der Waals surface area contributed by atoms with Crippen LogP contribution in [0.5, 0.6) is 0 Å². The molecule has 0 saturated carbocycles. The molecule has 0 spiro atoms. The van der Waals surface area contributed by atoms with E-state index >= 15 is 0 Å². The van der Waals surface area contributed by atoms with Gasteiger partial charge < -0.3 is 0 Å². The van der Waals surface area contributed by atoms with Crippen LogP contribution in [0, 0.1) is 27.7 Å². The van der Waals surface area contributed by atoms with Gasteiger partial charge in [0.2, 0.25) is 0 Å². The van der Waals surface area contributed by atoms with E-state index in [0.717, 1.165) is 27.3 Å². The molecule has 0 aromatic heterocycles. The Bertz CT molecular complexity index is 615. The fraction of sp³-hybridized carbons (Fsp3) is 0.294. The molecule has 0 heterocycles. The first-order valence-electron chi connectivity index (χ1n) is 6.38. The van der Waals surface area contributed by atoms with Crippen LogP contribution in [0.2, 0.25) is 5.02 Å². The molecular weight excluding hydrogens is 275 g/mol. The summed E-state index contributed by atoms with van der Waals surface area (Å²) >= 11 is 12.8. The summed E-state index contributed by atoms with van der Waals surface area (Å²) in [5.41, 5.74) is 7.02. The van der Waals surface area contributed by atoms with E-state index in [-0.39, 0.29) is 5.38 Å². The average molecular weight is 293 g/mol. The summed E-state index contributed by atoms with van der Waals surface area (Å²) in [6, 6.07) is 10.5. The third-order valence-corrected chi connectivity index (χ3v) is 4.54. The van der Waals surface area contributed by atoms with Crippen LogP contribution in [0.3, 0.4) is 0 Å². The maximum Gasteiger partial charge on any atom is 0.0838 e. The van der Waals surface area contributed by atoms with E-state index in [2.05, 4.69) is 45.0 Å². The number of hydrogen-bond donors (Lipinski definition) is 0. The molecule has 1 atom stereocenters. The first-order chi connectivity index (χ1) is 8.90. The third kappa shape index (κ3) is 2.96. The number of alkyl halides is 1. The van der Waals surface area contributed by atoms with Crippen molar-refractivity contribution < 1.29 is 0 Å². The highest BCUT2D eigenvalue weighted by Crippen LogP contribution is 2.34. The number of hydrogen-bond acceptors (Lipinski definition) is 0. The molecule has 0 aliphatic heterocycles. The Balaban J connectivity index is 2.46. The van der Waals surface area contributed by atoms with Crippen LogP contribution in [0.25, 0.3) is 0 Å².